The van der Waals surface area contributed by atoms with Gasteiger partial charge in [0.15, 0.2) is 0 Å². The summed E-state index contributed by atoms with van der Waals surface area (Å²) in [7, 11) is 0. The number of nitrogens with two attached hydrogens (primary N) is 1. The lowest BCUT2D eigenvalue weighted by Gasteiger charge is -2.26. The number of piperidine rings is 1. The summed E-state index contributed by atoms with van der Waals surface area (Å²) in [5.74, 6) is 0.845. The van der Waals surface area contributed by atoms with Crippen LogP contribution in [0.2, 0.25) is 0 Å². The SMILES string of the molecule is CC(C)N1CC2CC2(c2ccc(-c3cnc(N)c(C(=O)NC4CCC(O)CC4)c3)cc2)C1. The number of likely N-dealkylation sites (tertiary alicyclic amines) is 1. The molecule has 2 aromatic rings. The molecule has 2 unspecified atom stereocenters. The number of benzene rings is 1. The first-order valence-corrected chi connectivity index (χ1v) is 11.9. The van der Waals surface area contributed by atoms with Crippen LogP contribution >= 0.6 is 0 Å². The van der Waals surface area contributed by atoms with E-state index in [9.17, 15) is 9.90 Å². The standard InChI is InChI=1S/C26H34N4O2/c1-16(2)30-14-20-12-26(20,15-30)19-5-3-17(4-6-19)18-11-23(24(27)28-13-18)25(32)29-21-7-9-22(31)10-8-21/h3-6,11,13,16,20-22,31H,7-10,12,14-15H2,1-2H3,(H2,27,28)(H,29,32). The number of nitrogens with zero attached hydrogens (tertiary/aromatic N) is 2. The molecule has 2 heterocycles. The Morgan fingerprint density at radius 1 is 1.19 bits per heavy atom. The van der Waals surface area contributed by atoms with Gasteiger partial charge < -0.3 is 16.2 Å². The third kappa shape index (κ3) is 3.90. The van der Waals surface area contributed by atoms with E-state index in [0.717, 1.165) is 49.3 Å². The maximum Gasteiger partial charge on any atom is 0.255 e. The van der Waals surface area contributed by atoms with Crippen molar-refractivity contribution in [1.29, 1.82) is 0 Å². The van der Waals surface area contributed by atoms with Crippen LogP contribution in [-0.4, -0.2) is 52.2 Å². The molecule has 2 saturated carbocycles. The van der Waals surface area contributed by atoms with Crippen molar-refractivity contribution in [3.05, 3.63) is 47.7 Å². The van der Waals surface area contributed by atoms with Gasteiger partial charge >= 0.3 is 0 Å². The van der Waals surface area contributed by atoms with Crippen molar-refractivity contribution in [3.8, 4) is 11.1 Å². The third-order valence-corrected chi connectivity index (χ3v) is 7.89. The molecule has 2 atom stereocenters. The molecular weight excluding hydrogens is 400 g/mol. The van der Waals surface area contributed by atoms with Gasteiger partial charge in [-0.25, -0.2) is 4.98 Å². The van der Waals surface area contributed by atoms with Crippen molar-refractivity contribution in [2.45, 2.75) is 69.6 Å². The second-order valence-electron chi connectivity index (χ2n) is 10.3. The number of rotatable bonds is 5. The van der Waals surface area contributed by atoms with Crippen LogP contribution in [0.4, 0.5) is 5.82 Å². The van der Waals surface area contributed by atoms with Crippen LogP contribution in [-0.2, 0) is 5.41 Å². The zero-order valence-corrected chi connectivity index (χ0v) is 19.1. The first-order valence-electron chi connectivity index (χ1n) is 11.9. The molecule has 5 rings (SSSR count). The second-order valence-corrected chi connectivity index (χ2v) is 10.3. The van der Waals surface area contributed by atoms with Crippen molar-refractivity contribution >= 4 is 11.7 Å². The van der Waals surface area contributed by atoms with Gasteiger partial charge in [0, 0.05) is 42.3 Å². The van der Waals surface area contributed by atoms with Gasteiger partial charge in [0.25, 0.3) is 5.91 Å². The number of amides is 1. The lowest BCUT2D eigenvalue weighted by Crippen LogP contribution is -2.38. The Morgan fingerprint density at radius 2 is 1.91 bits per heavy atom. The molecule has 1 aliphatic heterocycles. The Kier molecular flexibility index (Phi) is 5.46. The molecule has 1 aromatic carbocycles. The van der Waals surface area contributed by atoms with Gasteiger partial charge in [0.2, 0.25) is 0 Å². The molecule has 0 spiro atoms. The summed E-state index contributed by atoms with van der Waals surface area (Å²) in [5, 5.41) is 12.8. The number of nitrogen functional groups attached to an aromatic ring is 1. The van der Waals surface area contributed by atoms with Crippen molar-refractivity contribution in [2.24, 2.45) is 5.92 Å². The minimum atomic E-state index is -0.246. The zero-order chi connectivity index (χ0) is 22.5. The first-order chi connectivity index (χ1) is 15.4. The minimum Gasteiger partial charge on any atom is -0.393 e. The van der Waals surface area contributed by atoms with E-state index in [2.05, 4.69) is 53.3 Å². The van der Waals surface area contributed by atoms with E-state index in [1.54, 1.807) is 6.20 Å². The zero-order valence-electron chi connectivity index (χ0n) is 19.1. The monoisotopic (exact) mass is 434 g/mol. The number of nitrogens with one attached hydrogen (secondary N) is 1. The highest BCUT2D eigenvalue weighted by Gasteiger charge is 2.60. The molecule has 0 radical (unpaired) electrons. The summed E-state index contributed by atoms with van der Waals surface area (Å²) in [5.41, 5.74) is 10.2. The van der Waals surface area contributed by atoms with Crippen LogP contribution in [0, 0.1) is 5.92 Å². The predicted octanol–water partition coefficient (Wildman–Crippen LogP) is 3.35. The van der Waals surface area contributed by atoms with Gasteiger partial charge in [0.1, 0.15) is 5.82 Å². The van der Waals surface area contributed by atoms with Crippen LogP contribution in [0.25, 0.3) is 11.1 Å². The smallest absolute Gasteiger partial charge is 0.255 e. The van der Waals surface area contributed by atoms with Crippen LogP contribution in [0.5, 0.6) is 0 Å². The Bertz CT molecular complexity index is 997. The third-order valence-electron chi connectivity index (χ3n) is 7.89. The number of hydrogen-bond acceptors (Lipinski definition) is 5. The number of hydrogen-bond donors (Lipinski definition) is 3. The fraction of sp³-hybridized carbons (Fsp3) is 0.538. The number of pyridine rings is 1. The minimum absolute atomic E-state index is 0.0794. The molecule has 1 amide bonds. The molecule has 1 saturated heterocycles. The number of aliphatic hydroxyl groups excluding tert-OH is 1. The molecule has 3 aliphatic rings. The van der Waals surface area contributed by atoms with Gasteiger partial charge in [0.05, 0.1) is 11.7 Å². The molecule has 1 aromatic heterocycles. The van der Waals surface area contributed by atoms with Crippen molar-refractivity contribution in [1.82, 2.24) is 15.2 Å². The summed E-state index contributed by atoms with van der Waals surface area (Å²) in [4.78, 5) is 19.8. The Hall–Kier alpha value is -2.44. The molecule has 2 aliphatic carbocycles. The number of carbonyl (C=O) groups is 1. The fourth-order valence-corrected chi connectivity index (χ4v) is 5.65. The van der Waals surface area contributed by atoms with Crippen LogP contribution in [0.15, 0.2) is 36.5 Å². The maximum absolute atomic E-state index is 12.9. The number of anilines is 1. The van der Waals surface area contributed by atoms with Gasteiger partial charge in [-0.2, -0.15) is 0 Å². The largest absolute Gasteiger partial charge is 0.393 e. The highest BCUT2D eigenvalue weighted by Crippen LogP contribution is 2.59. The highest BCUT2D eigenvalue weighted by atomic mass is 16.3. The van der Waals surface area contributed by atoms with E-state index in [1.165, 1.54) is 18.5 Å². The van der Waals surface area contributed by atoms with Gasteiger partial charge in [-0.05, 0) is 69.1 Å². The van der Waals surface area contributed by atoms with E-state index in [0.29, 0.717) is 17.0 Å². The predicted molar refractivity (Wildman–Crippen MR) is 126 cm³/mol. The number of fused-ring (bicyclic) bond motifs is 1. The number of carbonyl (C=O) groups excluding carboxylic acids is 1. The van der Waals surface area contributed by atoms with E-state index in [4.69, 9.17) is 5.73 Å². The maximum atomic E-state index is 12.9. The normalized spacial score (nSPS) is 29.7. The average molecular weight is 435 g/mol. The average Bonchev–Trinajstić information content (AvgIpc) is 3.36. The van der Waals surface area contributed by atoms with E-state index in [1.807, 2.05) is 6.07 Å². The molecule has 3 fully saturated rings. The number of aromatic nitrogens is 1. The summed E-state index contributed by atoms with van der Waals surface area (Å²) >= 11 is 0. The van der Waals surface area contributed by atoms with Crippen LogP contribution < -0.4 is 11.1 Å². The van der Waals surface area contributed by atoms with Gasteiger partial charge in [-0.3, -0.25) is 9.69 Å². The van der Waals surface area contributed by atoms with Crippen molar-refractivity contribution in [3.63, 3.8) is 0 Å². The molecule has 6 heteroatoms. The van der Waals surface area contributed by atoms with Crippen LogP contribution in [0.3, 0.4) is 0 Å². The molecule has 170 valence electrons. The summed E-state index contributed by atoms with van der Waals surface area (Å²) < 4.78 is 0. The Labute approximate surface area is 190 Å². The van der Waals surface area contributed by atoms with E-state index in [-0.39, 0.29) is 23.9 Å². The first kappa shape index (κ1) is 21.4. The van der Waals surface area contributed by atoms with Crippen LogP contribution in [0.1, 0.15) is 61.9 Å². The molecular formula is C26H34N4O2. The van der Waals surface area contributed by atoms with Crippen molar-refractivity contribution in [2.75, 3.05) is 18.8 Å². The Morgan fingerprint density at radius 3 is 2.56 bits per heavy atom. The van der Waals surface area contributed by atoms with E-state index < -0.39 is 0 Å². The Balaban J connectivity index is 1.31. The second kappa shape index (κ2) is 8.16. The summed E-state index contributed by atoms with van der Waals surface area (Å²) in [6.07, 6.45) is 5.82. The van der Waals surface area contributed by atoms with Gasteiger partial charge in [-0.15, -0.1) is 0 Å². The molecule has 4 N–H and O–H groups in total. The van der Waals surface area contributed by atoms with Gasteiger partial charge in [-0.1, -0.05) is 24.3 Å². The quantitative estimate of drug-likeness (QED) is 0.671. The lowest BCUT2D eigenvalue weighted by molar-refractivity contribution is 0.0868. The molecule has 0 bridgehead atoms. The highest BCUT2D eigenvalue weighted by molar-refractivity contribution is 5.99. The molecule has 6 nitrogen and oxygen atoms in total. The fourth-order valence-electron chi connectivity index (χ4n) is 5.65. The summed E-state index contributed by atoms with van der Waals surface area (Å²) in [6.45, 7) is 6.92. The van der Waals surface area contributed by atoms with Crippen molar-refractivity contribution < 1.29 is 9.90 Å². The topological polar surface area (TPSA) is 91.5 Å². The lowest BCUT2D eigenvalue weighted by atomic mass is 9.92. The molecule has 32 heavy (non-hydrogen) atoms. The van der Waals surface area contributed by atoms with E-state index >= 15 is 0 Å². The summed E-state index contributed by atoms with van der Waals surface area (Å²) in [6, 6.07) is 11.3. The number of aliphatic hydroxyl groups is 1.